The highest BCUT2D eigenvalue weighted by Crippen LogP contribution is 2.42. The molecule has 0 saturated heterocycles. The molecule has 7 heteroatoms. The van der Waals surface area contributed by atoms with Crippen LogP contribution in [0.4, 0.5) is 0 Å². The van der Waals surface area contributed by atoms with Crippen molar-refractivity contribution in [3.8, 4) is 0 Å². The zero-order chi connectivity index (χ0) is 15.1. The molecule has 1 aromatic heterocycles. The van der Waals surface area contributed by atoms with E-state index in [4.69, 9.17) is 0 Å². The quantitative estimate of drug-likeness (QED) is 0.922. The van der Waals surface area contributed by atoms with Gasteiger partial charge in [0.25, 0.3) is 5.91 Å². The summed E-state index contributed by atoms with van der Waals surface area (Å²) in [7, 11) is -3.58. The Kier molecular flexibility index (Phi) is 3.81. The molecule has 5 nitrogen and oxygen atoms in total. The fraction of sp³-hybridized carbons (Fsp3) is 0.714. The van der Waals surface area contributed by atoms with E-state index in [2.05, 4.69) is 9.71 Å². The third kappa shape index (κ3) is 2.99. The lowest BCUT2D eigenvalue weighted by molar-refractivity contribution is 0.0976. The van der Waals surface area contributed by atoms with Gasteiger partial charge in [0.05, 0.1) is 9.75 Å². The fourth-order valence-electron chi connectivity index (χ4n) is 2.67. The SMILES string of the molecule is CC1(S(=O)(=O)NC(=O)c2csc(C3CCCCC3)n2)CC1. The summed E-state index contributed by atoms with van der Waals surface area (Å²) in [6.45, 7) is 1.66. The Labute approximate surface area is 129 Å². The molecule has 116 valence electrons. The fourth-order valence-corrected chi connectivity index (χ4v) is 4.88. The topological polar surface area (TPSA) is 76.1 Å². The van der Waals surface area contributed by atoms with E-state index in [1.165, 1.54) is 30.6 Å². The summed E-state index contributed by atoms with van der Waals surface area (Å²) in [4.78, 5) is 16.4. The normalized spacial score (nSPS) is 22.0. The van der Waals surface area contributed by atoms with Crippen molar-refractivity contribution < 1.29 is 13.2 Å². The number of sulfonamides is 1. The van der Waals surface area contributed by atoms with Crippen molar-refractivity contribution in [2.45, 2.75) is 62.5 Å². The van der Waals surface area contributed by atoms with Gasteiger partial charge in [0.1, 0.15) is 5.69 Å². The van der Waals surface area contributed by atoms with Crippen molar-refractivity contribution >= 4 is 27.3 Å². The first-order valence-electron chi connectivity index (χ1n) is 7.43. The zero-order valence-electron chi connectivity index (χ0n) is 12.1. The van der Waals surface area contributed by atoms with Crippen LogP contribution in [0.3, 0.4) is 0 Å². The van der Waals surface area contributed by atoms with Crippen LogP contribution in [-0.2, 0) is 10.0 Å². The Morgan fingerprint density at radius 3 is 2.62 bits per heavy atom. The minimum atomic E-state index is -3.58. The minimum Gasteiger partial charge on any atom is -0.266 e. The van der Waals surface area contributed by atoms with Gasteiger partial charge < -0.3 is 0 Å². The summed E-state index contributed by atoms with van der Waals surface area (Å²) in [6, 6.07) is 0. The molecule has 21 heavy (non-hydrogen) atoms. The number of hydrogen-bond acceptors (Lipinski definition) is 5. The van der Waals surface area contributed by atoms with Crippen LogP contribution >= 0.6 is 11.3 Å². The minimum absolute atomic E-state index is 0.230. The van der Waals surface area contributed by atoms with Crippen LogP contribution in [0.15, 0.2) is 5.38 Å². The van der Waals surface area contributed by atoms with Gasteiger partial charge in [-0.3, -0.25) is 4.79 Å². The number of nitrogens with zero attached hydrogens (tertiary/aromatic N) is 1. The van der Waals surface area contributed by atoms with Crippen molar-refractivity contribution in [3.05, 3.63) is 16.1 Å². The Bertz CT molecular complexity index is 641. The van der Waals surface area contributed by atoms with Gasteiger partial charge >= 0.3 is 0 Å². The summed E-state index contributed by atoms with van der Waals surface area (Å²) in [5.41, 5.74) is 0.230. The van der Waals surface area contributed by atoms with Crippen molar-refractivity contribution in [2.75, 3.05) is 0 Å². The first-order chi connectivity index (χ1) is 9.91. The average molecular weight is 328 g/mol. The first-order valence-corrected chi connectivity index (χ1v) is 9.80. The van der Waals surface area contributed by atoms with Crippen molar-refractivity contribution in [1.82, 2.24) is 9.71 Å². The molecule has 1 N–H and O–H groups in total. The molecular formula is C14H20N2O3S2. The lowest BCUT2D eigenvalue weighted by atomic mass is 9.90. The van der Waals surface area contributed by atoms with E-state index in [9.17, 15) is 13.2 Å². The third-order valence-electron chi connectivity index (χ3n) is 4.54. The molecule has 0 bridgehead atoms. The van der Waals surface area contributed by atoms with E-state index in [0.29, 0.717) is 18.8 Å². The predicted molar refractivity (Wildman–Crippen MR) is 82.0 cm³/mol. The number of carbonyl (C=O) groups excluding carboxylic acids is 1. The van der Waals surface area contributed by atoms with Gasteiger partial charge in [0.2, 0.25) is 10.0 Å². The van der Waals surface area contributed by atoms with Gasteiger partial charge in [-0.25, -0.2) is 18.1 Å². The number of carbonyl (C=O) groups is 1. The maximum absolute atomic E-state index is 12.1. The molecule has 0 radical (unpaired) electrons. The van der Waals surface area contributed by atoms with E-state index < -0.39 is 20.7 Å². The molecule has 0 aromatic carbocycles. The van der Waals surface area contributed by atoms with Crippen LogP contribution < -0.4 is 4.72 Å². The van der Waals surface area contributed by atoms with E-state index in [1.807, 2.05) is 0 Å². The summed E-state index contributed by atoms with van der Waals surface area (Å²) in [6.07, 6.45) is 7.14. The number of aromatic nitrogens is 1. The summed E-state index contributed by atoms with van der Waals surface area (Å²) >= 11 is 1.47. The number of hydrogen-bond donors (Lipinski definition) is 1. The largest absolute Gasteiger partial charge is 0.284 e. The van der Waals surface area contributed by atoms with Crippen LogP contribution in [0.1, 0.15) is 73.3 Å². The Balaban J connectivity index is 1.69. The van der Waals surface area contributed by atoms with Crippen LogP contribution in [0.2, 0.25) is 0 Å². The molecule has 2 fully saturated rings. The number of amides is 1. The zero-order valence-corrected chi connectivity index (χ0v) is 13.7. The van der Waals surface area contributed by atoms with Crippen LogP contribution in [0, 0.1) is 0 Å². The number of nitrogens with one attached hydrogen (secondary N) is 1. The molecule has 1 heterocycles. The van der Waals surface area contributed by atoms with E-state index in [0.717, 1.165) is 17.8 Å². The molecular weight excluding hydrogens is 308 g/mol. The van der Waals surface area contributed by atoms with Gasteiger partial charge in [-0.1, -0.05) is 19.3 Å². The van der Waals surface area contributed by atoms with Crippen LogP contribution in [0.25, 0.3) is 0 Å². The van der Waals surface area contributed by atoms with E-state index in [1.54, 1.807) is 12.3 Å². The molecule has 2 aliphatic carbocycles. The standard InChI is InChI=1S/C14H20N2O3S2/c1-14(7-8-14)21(18,19)16-12(17)11-9-20-13(15-11)10-5-3-2-4-6-10/h9-10H,2-8H2,1H3,(H,16,17). The second-order valence-corrected chi connectivity index (χ2v) is 9.38. The monoisotopic (exact) mass is 328 g/mol. The molecule has 3 rings (SSSR count). The summed E-state index contributed by atoms with van der Waals surface area (Å²) in [5, 5.41) is 2.64. The number of rotatable bonds is 4. The second-order valence-electron chi connectivity index (χ2n) is 6.29. The maximum atomic E-state index is 12.1. The van der Waals surface area contributed by atoms with Crippen LogP contribution in [-0.4, -0.2) is 24.1 Å². The molecule has 2 aliphatic rings. The van der Waals surface area contributed by atoms with Gasteiger partial charge in [-0.15, -0.1) is 11.3 Å². The maximum Gasteiger partial charge on any atom is 0.284 e. The average Bonchev–Trinajstić information content (AvgIpc) is 3.05. The van der Waals surface area contributed by atoms with E-state index in [-0.39, 0.29) is 5.69 Å². The number of thiazole rings is 1. The lowest BCUT2D eigenvalue weighted by Crippen LogP contribution is -2.38. The van der Waals surface area contributed by atoms with Gasteiger partial charge in [0.15, 0.2) is 0 Å². The molecule has 0 spiro atoms. The molecule has 1 aromatic rings. The molecule has 0 unspecified atom stereocenters. The van der Waals surface area contributed by atoms with Gasteiger partial charge in [-0.05, 0) is 32.6 Å². The molecule has 0 aliphatic heterocycles. The van der Waals surface area contributed by atoms with Crippen molar-refractivity contribution in [1.29, 1.82) is 0 Å². The summed E-state index contributed by atoms with van der Waals surface area (Å²) < 4.78 is 25.5. The van der Waals surface area contributed by atoms with Crippen molar-refractivity contribution in [3.63, 3.8) is 0 Å². The second kappa shape index (κ2) is 5.35. The smallest absolute Gasteiger partial charge is 0.266 e. The summed E-state index contributed by atoms with van der Waals surface area (Å²) in [5.74, 6) is -0.163. The molecule has 1 amide bonds. The lowest BCUT2D eigenvalue weighted by Gasteiger charge is -2.18. The highest BCUT2D eigenvalue weighted by Gasteiger charge is 2.51. The van der Waals surface area contributed by atoms with Crippen molar-refractivity contribution in [2.24, 2.45) is 0 Å². The van der Waals surface area contributed by atoms with Gasteiger partial charge in [0, 0.05) is 11.3 Å². The first kappa shape index (κ1) is 15.0. The Morgan fingerprint density at radius 1 is 1.33 bits per heavy atom. The Hall–Kier alpha value is -0.950. The van der Waals surface area contributed by atoms with Gasteiger partial charge in [-0.2, -0.15) is 0 Å². The molecule has 2 saturated carbocycles. The predicted octanol–water partition coefficient (Wildman–Crippen LogP) is 2.80. The molecule has 0 atom stereocenters. The van der Waals surface area contributed by atoms with E-state index >= 15 is 0 Å². The Morgan fingerprint density at radius 2 is 2.00 bits per heavy atom. The highest BCUT2D eigenvalue weighted by atomic mass is 32.2. The highest BCUT2D eigenvalue weighted by molar-refractivity contribution is 7.91. The van der Waals surface area contributed by atoms with Crippen LogP contribution in [0.5, 0.6) is 0 Å². The third-order valence-corrected chi connectivity index (χ3v) is 7.71.